The Morgan fingerprint density at radius 1 is 0.938 bits per heavy atom. The smallest absolute Gasteiger partial charge is 0.262 e. The molecule has 32 heavy (non-hydrogen) atoms. The van der Waals surface area contributed by atoms with E-state index < -0.39 is 6.17 Å². The molecule has 5 rings (SSSR count). The number of amides is 1. The first-order valence-corrected chi connectivity index (χ1v) is 10.5. The summed E-state index contributed by atoms with van der Waals surface area (Å²) in [6, 6.07) is 29.3. The molecule has 1 aliphatic heterocycles. The van der Waals surface area contributed by atoms with Gasteiger partial charge in [0.2, 0.25) is 0 Å². The summed E-state index contributed by atoms with van der Waals surface area (Å²) in [7, 11) is 0. The normalized spacial score (nSPS) is 15.0. The van der Waals surface area contributed by atoms with Gasteiger partial charge in [0.25, 0.3) is 5.91 Å². The number of aromatic nitrogens is 2. The van der Waals surface area contributed by atoms with Crippen LogP contribution < -0.4 is 10.2 Å². The maximum Gasteiger partial charge on any atom is 0.262 e. The third-order valence-corrected chi connectivity index (χ3v) is 5.55. The van der Waals surface area contributed by atoms with Crippen LogP contribution in [-0.2, 0) is 6.54 Å². The topological polar surface area (TPSA) is 74.0 Å². The lowest BCUT2D eigenvalue weighted by Crippen LogP contribution is -2.43. The lowest BCUT2D eigenvalue weighted by atomic mass is 10.0. The van der Waals surface area contributed by atoms with Gasteiger partial charge in [0.15, 0.2) is 0 Å². The number of nitrogens with zero attached hydrogens (tertiary/aromatic N) is 4. The molecular weight excluding hydrogens is 398 g/mol. The second-order valence-electron chi connectivity index (χ2n) is 7.57. The van der Waals surface area contributed by atoms with Crippen molar-refractivity contribution in [1.29, 1.82) is 5.26 Å². The van der Waals surface area contributed by atoms with E-state index in [-0.39, 0.29) is 5.91 Å². The van der Waals surface area contributed by atoms with Crippen molar-refractivity contribution >= 4 is 17.3 Å². The molecule has 3 aromatic carbocycles. The Morgan fingerprint density at radius 3 is 2.38 bits per heavy atom. The molecule has 6 nitrogen and oxygen atoms in total. The Kier molecular flexibility index (Phi) is 5.14. The fourth-order valence-electron chi connectivity index (χ4n) is 4.06. The van der Waals surface area contributed by atoms with Gasteiger partial charge < -0.3 is 5.32 Å². The standard InChI is InChI=1S/C26H21N5O/c27-16-9-17-30-18-22(24(29-30)19-10-3-1-4-11-19)25-28-23-15-8-7-14-21(23)26(32)31(25)20-12-5-2-6-13-20/h1-8,10-15,18,25,28H,9,17H2/t25-/m0/s1. The number of rotatable bonds is 5. The molecule has 0 fully saturated rings. The molecule has 1 aromatic heterocycles. The van der Waals surface area contributed by atoms with Gasteiger partial charge in [-0.15, -0.1) is 0 Å². The zero-order valence-electron chi connectivity index (χ0n) is 17.3. The minimum Gasteiger partial charge on any atom is -0.360 e. The van der Waals surface area contributed by atoms with Crippen LogP contribution in [0.2, 0.25) is 0 Å². The summed E-state index contributed by atoms with van der Waals surface area (Å²) in [6.45, 7) is 0.485. The van der Waals surface area contributed by atoms with Gasteiger partial charge in [0.05, 0.1) is 30.3 Å². The number of anilines is 2. The monoisotopic (exact) mass is 419 g/mol. The van der Waals surface area contributed by atoms with E-state index in [9.17, 15) is 4.79 Å². The van der Waals surface area contributed by atoms with Crippen molar-refractivity contribution in [2.45, 2.75) is 19.1 Å². The Labute approximate surface area is 186 Å². The summed E-state index contributed by atoms with van der Waals surface area (Å²) < 4.78 is 1.79. The number of nitrogens with one attached hydrogen (secondary N) is 1. The summed E-state index contributed by atoms with van der Waals surface area (Å²) in [5.41, 5.74) is 4.84. The van der Waals surface area contributed by atoms with Gasteiger partial charge >= 0.3 is 0 Å². The molecule has 0 spiro atoms. The van der Waals surface area contributed by atoms with E-state index >= 15 is 0 Å². The van der Waals surface area contributed by atoms with Crippen LogP contribution >= 0.6 is 0 Å². The van der Waals surface area contributed by atoms with Crippen LogP contribution in [0.4, 0.5) is 11.4 Å². The van der Waals surface area contributed by atoms with Crippen LogP contribution in [0.15, 0.2) is 91.1 Å². The number of para-hydroxylation sites is 2. The molecule has 6 heteroatoms. The first-order chi connectivity index (χ1) is 15.8. The molecule has 0 bridgehead atoms. The molecular formula is C26H21N5O. The predicted molar refractivity (Wildman–Crippen MR) is 124 cm³/mol. The highest BCUT2D eigenvalue weighted by molar-refractivity contribution is 6.12. The summed E-state index contributed by atoms with van der Waals surface area (Å²) in [4.78, 5) is 15.4. The van der Waals surface area contributed by atoms with Crippen LogP contribution in [0.3, 0.4) is 0 Å². The molecule has 0 saturated carbocycles. The largest absolute Gasteiger partial charge is 0.360 e. The van der Waals surface area contributed by atoms with Gasteiger partial charge in [-0.3, -0.25) is 14.4 Å². The van der Waals surface area contributed by atoms with Gasteiger partial charge in [-0.05, 0) is 24.3 Å². The van der Waals surface area contributed by atoms with Gasteiger partial charge in [-0.25, -0.2) is 0 Å². The minimum absolute atomic E-state index is 0.0701. The van der Waals surface area contributed by atoms with E-state index in [2.05, 4.69) is 11.4 Å². The van der Waals surface area contributed by atoms with E-state index in [1.54, 1.807) is 9.58 Å². The lowest BCUT2D eigenvalue weighted by molar-refractivity contribution is 0.0975. The molecule has 1 aliphatic rings. The minimum atomic E-state index is -0.453. The van der Waals surface area contributed by atoms with E-state index in [0.717, 1.165) is 28.2 Å². The highest BCUT2D eigenvalue weighted by Gasteiger charge is 2.36. The van der Waals surface area contributed by atoms with Crippen LogP contribution in [-0.4, -0.2) is 15.7 Å². The third kappa shape index (κ3) is 3.50. The van der Waals surface area contributed by atoms with Gasteiger partial charge in [-0.1, -0.05) is 60.7 Å². The average molecular weight is 419 g/mol. The molecule has 2 heterocycles. The molecule has 1 atom stereocenters. The highest BCUT2D eigenvalue weighted by Crippen LogP contribution is 2.39. The van der Waals surface area contributed by atoms with Crippen molar-refractivity contribution in [3.05, 3.63) is 102 Å². The van der Waals surface area contributed by atoms with Crippen LogP contribution in [0, 0.1) is 11.3 Å². The number of fused-ring (bicyclic) bond motifs is 1. The Balaban J connectivity index is 1.68. The van der Waals surface area contributed by atoms with Crippen LogP contribution in [0.5, 0.6) is 0 Å². The molecule has 0 unspecified atom stereocenters. The maximum absolute atomic E-state index is 13.6. The van der Waals surface area contributed by atoms with Gasteiger partial charge in [0.1, 0.15) is 6.17 Å². The Bertz CT molecular complexity index is 1290. The van der Waals surface area contributed by atoms with Crippen molar-refractivity contribution in [3.63, 3.8) is 0 Å². The second kappa shape index (κ2) is 8.40. The quantitative estimate of drug-likeness (QED) is 0.480. The van der Waals surface area contributed by atoms with E-state index in [0.29, 0.717) is 18.5 Å². The molecule has 0 aliphatic carbocycles. The van der Waals surface area contributed by atoms with Crippen molar-refractivity contribution in [3.8, 4) is 17.3 Å². The molecule has 156 valence electrons. The van der Waals surface area contributed by atoms with Crippen molar-refractivity contribution in [2.24, 2.45) is 0 Å². The van der Waals surface area contributed by atoms with Crippen LogP contribution in [0.1, 0.15) is 28.5 Å². The van der Waals surface area contributed by atoms with Crippen LogP contribution in [0.25, 0.3) is 11.3 Å². The molecule has 0 radical (unpaired) electrons. The molecule has 4 aromatic rings. The summed E-state index contributed by atoms with van der Waals surface area (Å²) in [5, 5.41) is 17.4. The zero-order chi connectivity index (χ0) is 21.9. The summed E-state index contributed by atoms with van der Waals surface area (Å²) in [6.07, 6.45) is 1.84. The average Bonchev–Trinajstić information content (AvgIpc) is 3.28. The molecule has 1 N–H and O–H groups in total. The van der Waals surface area contributed by atoms with Gasteiger partial charge in [0, 0.05) is 28.7 Å². The number of aryl methyl sites for hydroxylation is 1. The number of hydrogen-bond donors (Lipinski definition) is 1. The lowest BCUT2D eigenvalue weighted by Gasteiger charge is -2.38. The van der Waals surface area contributed by atoms with Crippen molar-refractivity contribution in [2.75, 3.05) is 10.2 Å². The second-order valence-corrected chi connectivity index (χ2v) is 7.57. The first kappa shape index (κ1) is 19.6. The molecule has 0 saturated heterocycles. The number of carbonyl (C=O) groups is 1. The fraction of sp³-hybridized carbons (Fsp3) is 0.115. The maximum atomic E-state index is 13.6. The van der Waals surface area contributed by atoms with E-state index in [1.807, 2.05) is 91.1 Å². The first-order valence-electron chi connectivity index (χ1n) is 10.5. The van der Waals surface area contributed by atoms with E-state index in [4.69, 9.17) is 10.4 Å². The zero-order valence-corrected chi connectivity index (χ0v) is 17.3. The number of hydrogen-bond acceptors (Lipinski definition) is 4. The summed E-state index contributed by atoms with van der Waals surface area (Å²) >= 11 is 0. The number of benzene rings is 3. The number of nitriles is 1. The fourth-order valence-corrected chi connectivity index (χ4v) is 4.06. The Hall–Kier alpha value is -4.37. The predicted octanol–water partition coefficient (Wildman–Crippen LogP) is 5.23. The van der Waals surface area contributed by atoms with Crippen molar-refractivity contribution < 1.29 is 4.79 Å². The third-order valence-electron chi connectivity index (χ3n) is 5.55. The Morgan fingerprint density at radius 2 is 1.62 bits per heavy atom. The summed E-state index contributed by atoms with van der Waals surface area (Å²) in [5.74, 6) is -0.0701. The van der Waals surface area contributed by atoms with Crippen molar-refractivity contribution in [1.82, 2.24) is 9.78 Å². The SMILES string of the molecule is N#CCCn1cc([C@H]2Nc3ccccc3C(=O)N2c2ccccc2)c(-c2ccccc2)n1. The van der Waals surface area contributed by atoms with E-state index in [1.165, 1.54) is 0 Å². The molecule has 1 amide bonds. The van der Waals surface area contributed by atoms with Gasteiger partial charge in [-0.2, -0.15) is 10.4 Å². The number of carbonyl (C=O) groups excluding carboxylic acids is 1. The highest BCUT2D eigenvalue weighted by atomic mass is 16.2.